The van der Waals surface area contributed by atoms with Crippen LogP contribution in [0.3, 0.4) is 0 Å². The fourth-order valence-corrected chi connectivity index (χ4v) is 3.35. The van der Waals surface area contributed by atoms with E-state index in [0.29, 0.717) is 37.8 Å². The van der Waals surface area contributed by atoms with Crippen molar-refractivity contribution in [1.82, 2.24) is 20.4 Å². The van der Waals surface area contributed by atoms with E-state index in [-0.39, 0.29) is 12.0 Å². The van der Waals surface area contributed by atoms with Crippen LogP contribution >= 0.6 is 0 Å². The van der Waals surface area contributed by atoms with Gasteiger partial charge in [-0.1, -0.05) is 35.5 Å². The van der Waals surface area contributed by atoms with Gasteiger partial charge in [-0.25, -0.2) is 0 Å². The molecule has 7 heteroatoms. The summed E-state index contributed by atoms with van der Waals surface area (Å²) in [5, 5.41) is 6.92. The molecule has 0 bridgehead atoms. The van der Waals surface area contributed by atoms with E-state index in [0.717, 1.165) is 38.3 Å². The van der Waals surface area contributed by atoms with Gasteiger partial charge in [-0.3, -0.25) is 9.69 Å². The number of aromatic nitrogens is 2. The normalized spacial score (nSPS) is 20.5. The predicted molar refractivity (Wildman–Crippen MR) is 99.1 cm³/mol. The Labute approximate surface area is 159 Å². The molecule has 1 aliphatic carbocycles. The van der Waals surface area contributed by atoms with E-state index in [1.165, 1.54) is 5.56 Å². The Morgan fingerprint density at radius 2 is 2.11 bits per heavy atom. The number of amides is 1. The van der Waals surface area contributed by atoms with E-state index in [1.54, 1.807) is 0 Å². The first-order valence-corrected chi connectivity index (χ1v) is 9.73. The Hall–Kier alpha value is -2.25. The number of hydrogen-bond donors (Lipinski definition) is 1. The van der Waals surface area contributed by atoms with Crippen molar-refractivity contribution in [3.05, 3.63) is 47.6 Å². The molecule has 1 aromatic carbocycles. The summed E-state index contributed by atoms with van der Waals surface area (Å²) < 4.78 is 11.0. The number of hydrogen-bond acceptors (Lipinski definition) is 6. The highest BCUT2D eigenvalue weighted by Crippen LogP contribution is 2.38. The fraction of sp³-hybridized carbons (Fsp3) is 0.550. The molecule has 2 heterocycles. The summed E-state index contributed by atoms with van der Waals surface area (Å²) in [7, 11) is 0. The van der Waals surface area contributed by atoms with Crippen LogP contribution in [0.1, 0.15) is 42.5 Å². The topological polar surface area (TPSA) is 80.5 Å². The quantitative estimate of drug-likeness (QED) is 0.764. The molecule has 1 aromatic heterocycles. The zero-order chi connectivity index (χ0) is 18.5. The lowest BCUT2D eigenvalue weighted by atomic mass is 10.1. The molecule has 1 N–H and O–H groups in total. The Balaban J connectivity index is 1.17. The molecule has 7 nitrogen and oxygen atoms in total. The number of carbonyl (C=O) groups excluding carboxylic acids is 1. The van der Waals surface area contributed by atoms with Gasteiger partial charge in [0, 0.05) is 38.5 Å². The van der Waals surface area contributed by atoms with Crippen LogP contribution in [0.5, 0.6) is 0 Å². The molecule has 0 radical (unpaired) electrons. The Morgan fingerprint density at radius 3 is 2.93 bits per heavy atom. The molecule has 2 fully saturated rings. The molecule has 1 atom stereocenters. The van der Waals surface area contributed by atoms with Crippen molar-refractivity contribution >= 4 is 5.91 Å². The third-order valence-electron chi connectivity index (χ3n) is 4.97. The molecule has 2 aromatic rings. The Kier molecular flexibility index (Phi) is 5.79. The maximum atomic E-state index is 12.2. The summed E-state index contributed by atoms with van der Waals surface area (Å²) >= 11 is 0. The number of morpholine rings is 1. The molecular formula is C20H26N4O3. The van der Waals surface area contributed by atoms with Gasteiger partial charge in [-0.05, 0) is 18.4 Å². The fourth-order valence-electron chi connectivity index (χ4n) is 3.35. The van der Waals surface area contributed by atoms with Crippen LogP contribution in [-0.2, 0) is 22.5 Å². The first-order valence-electron chi connectivity index (χ1n) is 9.73. The van der Waals surface area contributed by atoms with Gasteiger partial charge in [-0.15, -0.1) is 0 Å². The first kappa shape index (κ1) is 18.1. The van der Waals surface area contributed by atoms with Crippen LogP contribution < -0.4 is 5.32 Å². The van der Waals surface area contributed by atoms with Gasteiger partial charge in [0.2, 0.25) is 11.8 Å². The van der Waals surface area contributed by atoms with Gasteiger partial charge in [-0.2, -0.15) is 4.98 Å². The van der Waals surface area contributed by atoms with E-state index in [9.17, 15) is 4.79 Å². The summed E-state index contributed by atoms with van der Waals surface area (Å²) in [6, 6.07) is 10.4. The molecule has 1 aliphatic heterocycles. The van der Waals surface area contributed by atoms with Gasteiger partial charge in [0.1, 0.15) is 0 Å². The third kappa shape index (κ3) is 5.37. The SMILES string of the molecule is O=C(C[C@@H]1CN(Cc2ccccc2)CCO1)NCCc1nc(C2CC2)no1. The molecule has 0 spiro atoms. The molecule has 0 unspecified atom stereocenters. The Bertz CT molecular complexity index is 745. The maximum absolute atomic E-state index is 12.2. The number of carbonyl (C=O) groups is 1. The van der Waals surface area contributed by atoms with Crippen LogP contribution in [0, 0.1) is 0 Å². The van der Waals surface area contributed by atoms with E-state index in [2.05, 4.69) is 44.6 Å². The van der Waals surface area contributed by atoms with Gasteiger partial charge in [0.05, 0.1) is 19.1 Å². The number of ether oxygens (including phenoxy) is 1. The van der Waals surface area contributed by atoms with Crippen LogP contribution in [0.2, 0.25) is 0 Å². The largest absolute Gasteiger partial charge is 0.375 e. The molecular weight excluding hydrogens is 344 g/mol. The molecule has 2 aliphatic rings. The molecule has 144 valence electrons. The molecule has 4 rings (SSSR count). The highest BCUT2D eigenvalue weighted by Gasteiger charge is 2.28. The number of nitrogens with one attached hydrogen (secondary N) is 1. The van der Waals surface area contributed by atoms with Crippen molar-refractivity contribution in [3.63, 3.8) is 0 Å². The van der Waals surface area contributed by atoms with Crippen LogP contribution in [0.4, 0.5) is 0 Å². The third-order valence-corrected chi connectivity index (χ3v) is 4.97. The monoisotopic (exact) mass is 370 g/mol. The van der Waals surface area contributed by atoms with Crippen LogP contribution in [-0.4, -0.2) is 53.3 Å². The minimum atomic E-state index is -0.0627. The van der Waals surface area contributed by atoms with Crippen LogP contribution in [0.15, 0.2) is 34.9 Å². The molecule has 1 saturated heterocycles. The second kappa shape index (κ2) is 8.63. The summed E-state index contributed by atoms with van der Waals surface area (Å²) in [4.78, 5) is 18.9. The first-order chi connectivity index (χ1) is 13.3. The van der Waals surface area contributed by atoms with E-state index in [1.807, 2.05) is 6.07 Å². The predicted octanol–water partition coefficient (Wildman–Crippen LogP) is 1.90. The number of nitrogens with zero attached hydrogens (tertiary/aromatic N) is 3. The van der Waals surface area contributed by atoms with Gasteiger partial charge >= 0.3 is 0 Å². The average Bonchev–Trinajstić information content (AvgIpc) is 3.42. The van der Waals surface area contributed by atoms with Crippen LogP contribution in [0.25, 0.3) is 0 Å². The lowest BCUT2D eigenvalue weighted by Crippen LogP contribution is -2.44. The van der Waals surface area contributed by atoms with E-state index < -0.39 is 0 Å². The lowest BCUT2D eigenvalue weighted by molar-refractivity contribution is -0.126. The van der Waals surface area contributed by atoms with E-state index >= 15 is 0 Å². The second-order valence-corrected chi connectivity index (χ2v) is 7.34. The lowest BCUT2D eigenvalue weighted by Gasteiger charge is -2.32. The zero-order valence-corrected chi connectivity index (χ0v) is 15.5. The van der Waals surface area contributed by atoms with Crippen molar-refractivity contribution in [2.45, 2.75) is 44.2 Å². The number of benzene rings is 1. The standard InChI is InChI=1S/C20H26N4O3/c25-18(21-9-8-19-22-20(23-27-19)16-6-7-16)12-17-14-24(10-11-26-17)13-15-4-2-1-3-5-15/h1-5,16-17H,6-14H2,(H,21,25)/t17-/m1/s1. The minimum absolute atomic E-state index is 0.00323. The maximum Gasteiger partial charge on any atom is 0.228 e. The van der Waals surface area contributed by atoms with E-state index in [4.69, 9.17) is 9.26 Å². The van der Waals surface area contributed by atoms with Crippen molar-refractivity contribution in [2.75, 3.05) is 26.2 Å². The summed E-state index contributed by atoms with van der Waals surface area (Å²) in [6.45, 7) is 3.73. The smallest absolute Gasteiger partial charge is 0.228 e. The zero-order valence-electron chi connectivity index (χ0n) is 15.5. The van der Waals surface area contributed by atoms with Crippen molar-refractivity contribution < 1.29 is 14.1 Å². The van der Waals surface area contributed by atoms with Crippen molar-refractivity contribution in [2.24, 2.45) is 0 Å². The van der Waals surface area contributed by atoms with Gasteiger partial charge in [0.25, 0.3) is 0 Å². The minimum Gasteiger partial charge on any atom is -0.375 e. The highest BCUT2D eigenvalue weighted by atomic mass is 16.5. The average molecular weight is 370 g/mol. The number of rotatable bonds is 8. The summed E-state index contributed by atoms with van der Waals surface area (Å²) in [5.74, 6) is 1.90. The Morgan fingerprint density at radius 1 is 1.26 bits per heavy atom. The summed E-state index contributed by atoms with van der Waals surface area (Å²) in [6.07, 6.45) is 3.18. The molecule has 27 heavy (non-hydrogen) atoms. The summed E-state index contributed by atoms with van der Waals surface area (Å²) in [5.41, 5.74) is 1.28. The highest BCUT2D eigenvalue weighted by molar-refractivity contribution is 5.76. The van der Waals surface area contributed by atoms with Crippen molar-refractivity contribution in [3.8, 4) is 0 Å². The van der Waals surface area contributed by atoms with Gasteiger partial charge < -0.3 is 14.6 Å². The van der Waals surface area contributed by atoms with Crippen molar-refractivity contribution in [1.29, 1.82) is 0 Å². The molecule has 1 saturated carbocycles. The second-order valence-electron chi connectivity index (χ2n) is 7.34. The van der Waals surface area contributed by atoms with Gasteiger partial charge in [0.15, 0.2) is 5.82 Å². The molecule has 1 amide bonds.